The lowest BCUT2D eigenvalue weighted by molar-refractivity contribution is -0.384. The van der Waals surface area contributed by atoms with Gasteiger partial charge in [-0.3, -0.25) is 14.9 Å². The smallest absolute Gasteiger partial charge is 0.410 e. The largest absolute Gasteiger partial charge is 0.487 e. The minimum atomic E-state index is -0.614. The minimum Gasteiger partial charge on any atom is -0.487 e. The Morgan fingerprint density at radius 2 is 2.07 bits per heavy atom. The lowest BCUT2D eigenvalue weighted by Gasteiger charge is -2.35. The van der Waals surface area contributed by atoms with Crippen molar-refractivity contribution in [3.8, 4) is 5.75 Å². The Kier molecular flexibility index (Phi) is 6.16. The number of likely N-dealkylation sites (N-methyl/N-ethyl adjacent to an activating group) is 1. The molecule has 0 unspecified atom stereocenters. The van der Waals surface area contributed by atoms with Crippen molar-refractivity contribution in [2.75, 3.05) is 27.2 Å². The van der Waals surface area contributed by atoms with Crippen molar-refractivity contribution >= 4 is 17.7 Å². The van der Waals surface area contributed by atoms with Crippen LogP contribution in [-0.2, 0) is 4.74 Å². The van der Waals surface area contributed by atoms with Crippen LogP contribution < -0.4 is 4.74 Å². The first-order valence-corrected chi connectivity index (χ1v) is 9.03. The van der Waals surface area contributed by atoms with E-state index in [0.717, 1.165) is 0 Å². The first-order chi connectivity index (χ1) is 12.9. The second-order valence-corrected chi connectivity index (χ2v) is 8.12. The molecule has 1 aliphatic heterocycles. The fourth-order valence-corrected chi connectivity index (χ4v) is 2.92. The zero-order valence-electron chi connectivity index (χ0n) is 17.1. The van der Waals surface area contributed by atoms with E-state index < -0.39 is 22.7 Å². The van der Waals surface area contributed by atoms with Crippen LogP contribution in [0.2, 0.25) is 0 Å². The van der Waals surface area contributed by atoms with E-state index in [1.165, 1.54) is 28.0 Å². The van der Waals surface area contributed by atoms with Crippen molar-refractivity contribution in [1.29, 1.82) is 0 Å². The Bertz CT molecular complexity index is 773. The average Bonchev–Trinajstić information content (AvgIpc) is 2.58. The van der Waals surface area contributed by atoms with E-state index in [4.69, 9.17) is 9.47 Å². The van der Waals surface area contributed by atoms with Gasteiger partial charge >= 0.3 is 6.09 Å². The van der Waals surface area contributed by atoms with Gasteiger partial charge in [-0.2, -0.15) is 0 Å². The Morgan fingerprint density at radius 1 is 1.43 bits per heavy atom. The maximum absolute atomic E-state index is 12.6. The monoisotopic (exact) mass is 393 g/mol. The third-order valence-electron chi connectivity index (χ3n) is 4.38. The summed E-state index contributed by atoms with van der Waals surface area (Å²) < 4.78 is 11.4. The van der Waals surface area contributed by atoms with Crippen LogP contribution in [0.15, 0.2) is 18.2 Å². The summed E-state index contributed by atoms with van der Waals surface area (Å²) >= 11 is 0. The van der Waals surface area contributed by atoms with E-state index >= 15 is 0 Å². The molecule has 0 fully saturated rings. The van der Waals surface area contributed by atoms with Crippen molar-refractivity contribution in [2.24, 2.45) is 5.92 Å². The fourth-order valence-electron chi connectivity index (χ4n) is 2.92. The summed E-state index contributed by atoms with van der Waals surface area (Å²) in [5.41, 5.74) is -0.662. The number of nitrogens with zero attached hydrogens (tertiary/aromatic N) is 3. The molecule has 0 aromatic heterocycles. The van der Waals surface area contributed by atoms with E-state index in [1.54, 1.807) is 34.9 Å². The molecule has 1 aliphatic rings. The molecule has 0 aliphatic carbocycles. The molecular weight excluding hydrogens is 366 g/mol. The SMILES string of the molecule is C[C@H]1CN(C)C(=O)c2cc([N+](=O)[O-])ccc2O[C@@H]1CN(C)C(=O)OC(C)(C)C. The Hall–Kier alpha value is -2.84. The van der Waals surface area contributed by atoms with Crippen LogP contribution in [0.1, 0.15) is 38.1 Å². The molecule has 2 amide bonds. The summed E-state index contributed by atoms with van der Waals surface area (Å²) in [5.74, 6) is -0.164. The van der Waals surface area contributed by atoms with E-state index in [9.17, 15) is 19.7 Å². The second kappa shape index (κ2) is 8.04. The number of nitro groups is 1. The molecule has 0 N–H and O–H groups in total. The number of fused-ring (bicyclic) bond motifs is 1. The van der Waals surface area contributed by atoms with Crippen LogP contribution in [0.25, 0.3) is 0 Å². The van der Waals surface area contributed by atoms with Crippen molar-refractivity contribution in [3.05, 3.63) is 33.9 Å². The number of rotatable bonds is 3. The number of hydrogen-bond donors (Lipinski definition) is 0. The summed E-state index contributed by atoms with van der Waals surface area (Å²) in [5, 5.41) is 11.1. The summed E-state index contributed by atoms with van der Waals surface area (Å²) in [6.07, 6.45) is -0.896. The predicted octanol–water partition coefficient (Wildman–Crippen LogP) is 2.93. The van der Waals surface area contributed by atoms with E-state index in [1.807, 2.05) is 6.92 Å². The van der Waals surface area contributed by atoms with Gasteiger partial charge in [0.05, 0.1) is 17.0 Å². The first-order valence-electron chi connectivity index (χ1n) is 9.03. The van der Waals surface area contributed by atoms with E-state index in [2.05, 4.69) is 0 Å². The molecule has 1 aromatic rings. The topological polar surface area (TPSA) is 102 Å². The Labute approximate surface area is 164 Å². The molecule has 0 radical (unpaired) electrons. The Balaban J connectivity index is 2.29. The van der Waals surface area contributed by atoms with Gasteiger partial charge < -0.3 is 19.3 Å². The zero-order chi connectivity index (χ0) is 21.2. The van der Waals surface area contributed by atoms with Crippen LogP contribution in [-0.4, -0.2) is 65.6 Å². The third kappa shape index (κ3) is 5.11. The van der Waals surface area contributed by atoms with Crippen LogP contribution in [0.4, 0.5) is 10.5 Å². The molecule has 1 aromatic carbocycles. The predicted molar refractivity (Wildman–Crippen MR) is 103 cm³/mol. The molecule has 0 spiro atoms. The van der Waals surface area contributed by atoms with Gasteiger partial charge in [-0.05, 0) is 26.8 Å². The maximum Gasteiger partial charge on any atom is 0.410 e. The van der Waals surface area contributed by atoms with Crippen LogP contribution >= 0.6 is 0 Å². The van der Waals surface area contributed by atoms with Gasteiger partial charge in [0.15, 0.2) is 0 Å². The summed E-state index contributed by atoms with van der Waals surface area (Å²) in [6, 6.07) is 3.95. The molecule has 0 saturated carbocycles. The number of ether oxygens (including phenoxy) is 2. The van der Waals surface area contributed by atoms with Gasteiger partial charge in [0.1, 0.15) is 17.5 Å². The number of non-ortho nitro benzene ring substituents is 1. The van der Waals surface area contributed by atoms with Gasteiger partial charge in [0.2, 0.25) is 0 Å². The highest BCUT2D eigenvalue weighted by Crippen LogP contribution is 2.30. The normalized spacial score (nSPS) is 19.8. The van der Waals surface area contributed by atoms with Gasteiger partial charge in [0.25, 0.3) is 11.6 Å². The quantitative estimate of drug-likeness (QED) is 0.578. The number of amides is 2. The molecule has 9 nitrogen and oxygen atoms in total. The molecule has 0 bridgehead atoms. The molecule has 1 heterocycles. The summed E-state index contributed by atoms with van der Waals surface area (Å²) in [7, 11) is 3.26. The molecule has 2 atom stereocenters. The molecule has 9 heteroatoms. The number of hydrogen-bond acceptors (Lipinski definition) is 6. The zero-order valence-corrected chi connectivity index (χ0v) is 17.1. The molecule has 28 heavy (non-hydrogen) atoms. The molecular formula is C19H27N3O6. The van der Waals surface area contributed by atoms with E-state index in [-0.39, 0.29) is 35.4 Å². The minimum absolute atomic E-state index is 0.0813. The van der Waals surface area contributed by atoms with Crippen molar-refractivity contribution < 1.29 is 24.0 Å². The highest BCUT2D eigenvalue weighted by Gasteiger charge is 2.32. The van der Waals surface area contributed by atoms with Gasteiger partial charge in [-0.25, -0.2) is 4.79 Å². The lowest BCUT2D eigenvalue weighted by atomic mass is 10.0. The number of carbonyl (C=O) groups excluding carboxylic acids is 2. The van der Waals surface area contributed by atoms with Gasteiger partial charge in [-0.1, -0.05) is 6.92 Å². The Morgan fingerprint density at radius 3 is 2.64 bits per heavy atom. The maximum atomic E-state index is 12.6. The van der Waals surface area contributed by atoms with Gasteiger partial charge in [-0.15, -0.1) is 0 Å². The van der Waals surface area contributed by atoms with Crippen LogP contribution in [0, 0.1) is 16.0 Å². The fraction of sp³-hybridized carbons (Fsp3) is 0.579. The second-order valence-electron chi connectivity index (χ2n) is 8.12. The van der Waals surface area contributed by atoms with Crippen LogP contribution in [0.5, 0.6) is 5.75 Å². The van der Waals surface area contributed by atoms with Gasteiger partial charge in [0, 0.05) is 38.7 Å². The number of benzene rings is 1. The van der Waals surface area contributed by atoms with Crippen molar-refractivity contribution in [2.45, 2.75) is 39.4 Å². The first kappa shape index (κ1) is 21.5. The highest BCUT2D eigenvalue weighted by molar-refractivity contribution is 5.97. The molecule has 2 rings (SSSR count). The third-order valence-corrected chi connectivity index (χ3v) is 4.38. The number of nitro benzene ring substituents is 1. The summed E-state index contributed by atoms with van der Waals surface area (Å²) in [4.78, 5) is 38.4. The standard InChI is InChI=1S/C19H27N3O6/c1-12-10-20(5)17(23)14-9-13(22(25)26)7-8-15(14)27-16(12)11-21(6)18(24)28-19(2,3)4/h7-9,12,16H,10-11H2,1-6H3/t12-,16+/m0/s1. The average molecular weight is 393 g/mol. The van der Waals surface area contributed by atoms with Crippen molar-refractivity contribution in [1.82, 2.24) is 9.80 Å². The number of carbonyl (C=O) groups is 2. The molecule has 154 valence electrons. The highest BCUT2D eigenvalue weighted by atomic mass is 16.6. The lowest BCUT2D eigenvalue weighted by Crippen LogP contribution is -2.47. The molecule has 0 saturated heterocycles. The van der Waals surface area contributed by atoms with Crippen molar-refractivity contribution in [3.63, 3.8) is 0 Å². The van der Waals surface area contributed by atoms with Crippen LogP contribution in [0.3, 0.4) is 0 Å². The summed E-state index contributed by atoms with van der Waals surface area (Å²) in [6.45, 7) is 7.92. The van der Waals surface area contributed by atoms with E-state index in [0.29, 0.717) is 6.54 Å².